The first-order valence-corrected chi connectivity index (χ1v) is 6.46. The summed E-state index contributed by atoms with van der Waals surface area (Å²) in [6.07, 6.45) is 0. The summed E-state index contributed by atoms with van der Waals surface area (Å²) in [6, 6.07) is 4.98. The van der Waals surface area contributed by atoms with Crippen molar-refractivity contribution in [1.29, 1.82) is 0 Å². The maximum Gasteiger partial charge on any atom is 0.311 e. The van der Waals surface area contributed by atoms with Crippen molar-refractivity contribution >= 4 is 17.6 Å². The van der Waals surface area contributed by atoms with Crippen LogP contribution in [0.25, 0.3) is 0 Å². The van der Waals surface area contributed by atoms with Crippen LogP contribution in [0.4, 0.5) is 5.69 Å². The molecule has 1 rings (SSSR count). The van der Waals surface area contributed by atoms with Crippen molar-refractivity contribution in [3.63, 3.8) is 0 Å². The van der Waals surface area contributed by atoms with Crippen LogP contribution in [0.3, 0.4) is 0 Å². The van der Waals surface area contributed by atoms with Crippen LogP contribution in [0.5, 0.6) is 11.5 Å². The third-order valence-corrected chi connectivity index (χ3v) is 2.58. The van der Waals surface area contributed by atoms with E-state index in [1.54, 1.807) is 39.0 Å². The Bertz CT molecular complexity index is 497. The van der Waals surface area contributed by atoms with Crippen molar-refractivity contribution in [3.8, 4) is 11.5 Å². The highest BCUT2D eigenvalue weighted by Gasteiger charge is 2.23. The zero-order valence-corrected chi connectivity index (χ0v) is 13.0. The molecule has 1 aromatic rings. The highest BCUT2D eigenvalue weighted by Crippen LogP contribution is 2.25. The van der Waals surface area contributed by atoms with Crippen molar-refractivity contribution < 1.29 is 23.8 Å². The van der Waals surface area contributed by atoms with Crippen LogP contribution in [0.15, 0.2) is 18.2 Å². The average molecular weight is 295 g/mol. The zero-order valence-electron chi connectivity index (χ0n) is 13.0. The summed E-state index contributed by atoms with van der Waals surface area (Å²) < 4.78 is 15.2. The molecule has 0 aromatic heterocycles. The van der Waals surface area contributed by atoms with Gasteiger partial charge in [-0.2, -0.15) is 0 Å². The second kappa shape index (κ2) is 6.97. The number of carbonyl (C=O) groups excluding carboxylic acids is 2. The van der Waals surface area contributed by atoms with Crippen LogP contribution < -0.4 is 14.8 Å². The maximum absolute atomic E-state index is 11.8. The number of ether oxygens (including phenoxy) is 3. The van der Waals surface area contributed by atoms with Gasteiger partial charge in [-0.3, -0.25) is 9.59 Å². The summed E-state index contributed by atoms with van der Waals surface area (Å²) >= 11 is 0. The molecule has 0 saturated carbocycles. The van der Waals surface area contributed by atoms with Crippen molar-refractivity contribution in [3.05, 3.63) is 18.2 Å². The van der Waals surface area contributed by atoms with E-state index in [0.29, 0.717) is 17.2 Å². The van der Waals surface area contributed by atoms with Gasteiger partial charge in [0.15, 0.2) is 6.61 Å². The lowest BCUT2D eigenvalue weighted by atomic mass is 9.97. The van der Waals surface area contributed by atoms with E-state index in [1.165, 1.54) is 14.2 Å². The molecule has 0 atom stereocenters. The first-order chi connectivity index (χ1) is 9.76. The molecule has 6 heteroatoms. The first-order valence-electron chi connectivity index (χ1n) is 6.46. The Morgan fingerprint density at radius 3 is 2.00 bits per heavy atom. The lowest BCUT2D eigenvalue weighted by molar-refractivity contribution is -0.155. The van der Waals surface area contributed by atoms with Gasteiger partial charge in [0.1, 0.15) is 11.5 Å². The summed E-state index contributed by atoms with van der Waals surface area (Å²) in [5.74, 6) is 0.247. The summed E-state index contributed by atoms with van der Waals surface area (Å²) in [5, 5.41) is 2.62. The maximum atomic E-state index is 11.8. The number of esters is 1. The Morgan fingerprint density at radius 1 is 1.05 bits per heavy atom. The SMILES string of the molecule is COc1cc(NC(=O)COC(=O)C(C)(C)C)cc(OC)c1. The molecule has 0 radical (unpaired) electrons. The Morgan fingerprint density at radius 2 is 1.57 bits per heavy atom. The van der Waals surface area contributed by atoms with E-state index in [2.05, 4.69) is 5.32 Å². The second-order valence-corrected chi connectivity index (χ2v) is 5.48. The number of nitrogens with one attached hydrogen (secondary N) is 1. The molecule has 1 amide bonds. The molecule has 116 valence electrons. The van der Waals surface area contributed by atoms with E-state index in [-0.39, 0.29) is 6.61 Å². The number of carbonyl (C=O) groups is 2. The number of hydrogen-bond acceptors (Lipinski definition) is 5. The number of methoxy groups -OCH3 is 2. The molecule has 0 bridgehead atoms. The van der Waals surface area contributed by atoms with Gasteiger partial charge in [0.25, 0.3) is 5.91 Å². The Balaban J connectivity index is 2.65. The molecule has 6 nitrogen and oxygen atoms in total. The molecule has 0 heterocycles. The van der Waals surface area contributed by atoms with Crippen LogP contribution >= 0.6 is 0 Å². The van der Waals surface area contributed by atoms with Gasteiger partial charge in [0, 0.05) is 23.9 Å². The number of hydrogen-bond donors (Lipinski definition) is 1. The summed E-state index contributed by atoms with van der Waals surface area (Å²) in [4.78, 5) is 23.4. The van der Waals surface area contributed by atoms with Crippen LogP contribution in [0.2, 0.25) is 0 Å². The monoisotopic (exact) mass is 295 g/mol. The predicted octanol–water partition coefficient (Wildman–Crippen LogP) is 2.23. The van der Waals surface area contributed by atoms with Gasteiger partial charge in [-0.05, 0) is 20.8 Å². The number of amides is 1. The standard InChI is InChI=1S/C15H21NO5/c1-15(2,3)14(18)21-9-13(17)16-10-6-11(19-4)8-12(7-10)20-5/h6-8H,9H2,1-5H3,(H,16,17). The van der Waals surface area contributed by atoms with E-state index in [1.807, 2.05) is 0 Å². The zero-order chi connectivity index (χ0) is 16.0. The minimum atomic E-state index is -0.639. The molecular formula is C15H21NO5. The smallest absolute Gasteiger partial charge is 0.311 e. The number of rotatable bonds is 5. The quantitative estimate of drug-likeness (QED) is 0.843. The summed E-state index contributed by atoms with van der Waals surface area (Å²) in [6.45, 7) is 4.83. The normalized spacial score (nSPS) is 10.7. The van der Waals surface area contributed by atoms with Crippen LogP contribution in [0.1, 0.15) is 20.8 Å². The summed E-state index contributed by atoms with van der Waals surface area (Å²) in [7, 11) is 3.04. The van der Waals surface area contributed by atoms with Crippen molar-refractivity contribution in [2.75, 3.05) is 26.1 Å². The van der Waals surface area contributed by atoms with E-state index >= 15 is 0 Å². The van der Waals surface area contributed by atoms with Crippen LogP contribution in [0, 0.1) is 5.41 Å². The third kappa shape index (κ3) is 5.33. The summed E-state index contributed by atoms with van der Waals surface area (Å²) in [5.41, 5.74) is -0.137. The fraction of sp³-hybridized carbons (Fsp3) is 0.467. The molecule has 0 spiro atoms. The van der Waals surface area contributed by atoms with E-state index in [9.17, 15) is 9.59 Å². The van der Waals surface area contributed by atoms with Crippen molar-refractivity contribution in [1.82, 2.24) is 0 Å². The Hall–Kier alpha value is -2.24. The van der Waals surface area contributed by atoms with E-state index in [0.717, 1.165) is 0 Å². The average Bonchev–Trinajstić information content (AvgIpc) is 2.43. The molecule has 0 aliphatic carbocycles. The molecule has 0 saturated heterocycles. The van der Waals surface area contributed by atoms with Gasteiger partial charge in [-0.15, -0.1) is 0 Å². The Kier molecular flexibility index (Phi) is 5.58. The lowest BCUT2D eigenvalue weighted by Crippen LogP contribution is -2.27. The molecule has 0 fully saturated rings. The number of benzene rings is 1. The van der Waals surface area contributed by atoms with Gasteiger partial charge >= 0.3 is 5.97 Å². The lowest BCUT2D eigenvalue weighted by Gasteiger charge is -2.16. The fourth-order valence-electron chi connectivity index (χ4n) is 1.42. The predicted molar refractivity (Wildman–Crippen MR) is 78.6 cm³/mol. The first kappa shape index (κ1) is 16.8. The van der Waals surface area contributed by atoms with Crippen molar-refractivity contribution in [2.45, 2.75) is 20.8 Å². The van der Waals surface area contributed by atoms with Crippen LogP contribution in [-0.4, -0.2) is 32.7 Å². The topological polar surface area (TPSA) is 73.9 Å². The second-order valence-electron chi connectivity index (χ2n) is 5.48. The molecule has 0 aliphatic heterocycles. The van der Waals surface area contributed by atoms with E-state index in [4.69, 9.17) is 14.2 Å². The highest BCUT2D eigenvalue weighted by molar-refractivity contribution is 5.93. The highest BCUT2D eigenvalue weighted by atomic mass is 16.5. The van der Waals surface area contributed by atoms with E-state index < -0.39 is 17.3 Å². The molecule has 1 aromatic carbocycles. The largest absolute Gasteiger partial charge is 0.497 e. The minimum Gasteiger partial charge on any atom is -0.497 e. The molecular weight excluding hydrogens is 274 g/mol. The van der Waals surface area contributed by atoms with Gasteiger partial charge in [0.05, 0.1) is 19.6 Å². The molecule has 0 aliphatic rings. The Labute approximate surface area is 124 Å². The molecule has 21 heavy (non-hydrogen) atoms. The molecule has 0 unspecified atom stereocenters. The van der Waals surface area contributed by atoms with Gasteiger partial charge in [0.2, 0.25) is 0 Å². The van der Waals surface area contributed by atoms with Gasteiger partial charge in [-0.1, -0.05) is 0 Å². The van der Waals surface area contributed by atoms with Gasteiger partial charge in [-0.25, -0.2) is 0 Å². The van der Waals surface area contributed by atoms with Gasteiger partial charge < -0.3 is 19.5 Å². The fourth-order valence-corrected chi connectivity index (χ4v) is 1.42. The number of anilines is 1. The minimum absolute atomic E-state index is 0.338. The van der Waals surface area contributed by atoms with Crippen LogP contribution in [-0.2, 0) is 14.3 Å². The van der Waals surface area contributed by atoms with Crippen molar-refractivity contribution in [2.24, 2.45) is 5.41 Å². The molecule has 1 N–H and O–H groups in total. The third-order valence-electron chi connectivity index (χ3n) is 2.58.